The standard InChI is InChI=1S/C16H26N2S/c1-3-4-5-6-7-8-13-18(2)15-11-9-14(10-12-15)16(17)19/h9-12H,3-8,13H2,1-2H3,(H2,17,19). The lowest BCUT2D eigenvalue weighted by Gasteiger charge is -2.19. The van der Waals surface area contributed by atoms with E-state index in [0.717, 1.165) is 12.1 Å². The Hall–Kier alpha value is -1.09. The molecule has 0 aliphatic carbocycles. The summed E-state index contributed by atoms with van der Waals surface area (Å²) in [5.74, 6) is 0. The lowest BCUT2D eigenvalue weighted by molar-refractivity contribution is 0.606. The van der Waals surface area contributed by atoms with Gasteiger partial charge in [0.1, 0.15) is 4.99 Å². The Morgan fingerprint density at radius 1 is 1.05 bits per heavy atom. The smallest absolute Gasteiger partial charge is 0.103 e. The number of hydrogen-bond donors (Lipinski definition) is 1. The van der Waals surface area contributed by atoms with Crippen LogP contribution in [0.1, 0.15) is 51.0 Å². The summed E-state index contributed by atoms with van der Waals surface area (Å²) in [6.45, 7) is 3.36. The zero-order valence-electron chi connectivity index (χ0n) is 12.2. The number of nitrogens with two attached hydrogens (primary N) is 1. The molecule has 2 N–H and O–H groups in total. The van der Waals surface area contributed by atoms with Gasteiger partial charge < -0.3 is 10.6 Å². The molecule has 2 nitrogen and oxygen atoms in total. The minimum absolute atomic E-state index is 0.463. The van der Waals surface area contributed by atoms with Crippen LogP contribution < -0.4 is 10.6 Å². The molecule has 3 heteroatoms. The molecule has 0 radical (unpaired) electrons. The van der Waals surface area contributed by atoms with Crippen LogP contribution in [0.5, 0.6) is 0 Å². The van der Waals surface area contributed by atoms with Gasteiger partial charge in [-0.1, -0.05) is 51.2 Å². The molecule has 0 fully saturated rings. The van der Waals surface area contributed by atoms with Gasteiger partial charge in [-0.15, -0.1) is 0 Å². The molecule has 0 atom stereocenters. The number of hydrogen-bond acceptors (Lipinski definition) is 2. The van der Waals surface area contributed by atoms with Crippen LogP contribution in [-0.2, 0) is 0 Å². The van der Waals surface area contributed by atoms with Crippen molar-refractivity contribution in [3.05, 3.63) is 29.8 Å². The molecule has 19 heavy (non-hydrogen) atoms. The maximum Gasteiger partial charge on any atom is 0.103 e. The van der Waals surface area contributed by atoms with Gasteiger partial charge in [0.25, 0.3) is 0 Å². The lowest BCUT2D eigenvalue weighted by atomic mass is 10.1. The molecule has 0 saturated carbocycles. The fourth-order valence-corrected chi connectivity index (χ4v) is 2.27. The Labute approximate surface area is 123 Å². The van der Waals surface area contributed by atoms with Crippen molar-refractivity contribution in [3.8, 4) is 0 Å². The molecule has 0 amide bonds. The Balaban J connectivity index is 2.29. The zero-order valence-corrected chi connectivity index (χ0v) is 13.0. The first-order valence-electron chi connectivity index (χ1n) is 7.26. The number of thiocarbonyl (C=S) groups is 1. The van der Waals surface area contributed by atoms with E-state index in [-0.39, 0.29) is 0 Å². The fourth-order valence-electron chi connectivity index (χ4n) is 2.14. The van der Waals surface area contributed by atoms with Crippen LogP contribution in [-0.4, -0.2) is 18.6 Å². The van der Waals surface area contributed by atoms with Gasteiger partial charge in [-0.2, -0.15) is 0 Å². The predicted molar refractivity (Wildman–Crippen MR) is 89.0 cm³/mol. The van der Waals surface area contributed by atoms with Gasteiger partial charge >= 0.3 is 0 Å². The van der Waals surface area contributed by atoms with E-state index < -0.39 is 0 Å². The molecule has 106 valence electrons. The molecule has 0 aliphatic heterocycles. The first kappa shape index (κ1) is 16.0. The largest absolute Gasteiger partial charge is 0.389 e. The SMILES string of the molecule is CCCCCCCCN(C)c1ccc(C(N)=S)cc1. The van der Waals surface area contributed by atoms with Crippen LogP contribution in [0.15, 0.2) is 24.3 Å². The van der Waals surface area contributed by atoms with Crippen LogP contribution in [0.2, 0.25) is 0 Å². The second-order valence-electron chi connectivity index (χ2n) is 5.10. The second kappa shape index (κ2) is 8.92. The van der Waals surface area contributed by atoms with Crippen LogP contribution in [0.25, 0.3) is 0 Å². The molecule has 0 saturated heterocycles. The van der Waals surface area contributed by atoms with Gasteiger partial charge in [-0.05, 0) is 30.7 Å². The number of unbranched alkanes of at least 4 members (excludes halogenated alkanes) is 5. The summed E-state index contributed by atoms with van der Waals surface area (Å²) >= 11 is 4.96. The Kier molecular flexibility index (Phi) is 7.49. The summed E-state index contributed by atoms with van der Waals surface area (Å²) in [6.07, 6.45) is 8.02. The summed E-state index contributed by atoms with van der Waals surface area (Å²) in [5, 5.41) is 0. The van der Waals surface area contributed by atoms with E-state index in [1.807, 2.05) is 12.1 Å². The molecular weight excluding hydrogens is 252 g/mol. The average molecular weight is 278 g/mol. The zero-order chi connectivity index (χ0) is 14.1. The number of nitrogens with zero attached hydrogens (tertiary/aromatic N) is 1. The third kappa shape index (κ3) is 6.06. The summed E-state index contributed by atoms with van der Waals surface area (Å²) in [5.41, 5.74) is 7.76. The van der Waals surface area contributed by atoms with Crippen molar-refractivity contribution in [1.82, 2.24) is 0 Å². The van der Waals surface area contributed by atoms with E-state index in [0.29, 0.717) is 4.99 Å². The molecule has 1 aromatic rings. The van der Waals surface area contributed by atoms with E-state index >= 15 is 0 Å². The molecule has 0 aromatic heterocycles. The molecule has 1 aromatic carbocycles. The van der Waals surface area contributed by atoms with E-state index in [1.54, 1.807) is 0 Å². The van der Waals surface area contributed by atoms with Crippen molar-refractivity contribution in [2.45, 2.75) is 45.4 Å². The van der Waals surface area contributed by atoms with Crippen molar-refractivity contribution < 1.29 is 0 Å². The van der Waals surface area contributed by atoms with Crippen molar-refractivity contribution in [2.75, 3.05) is 18.5 Å². The van der Waals surface area contributed by atoms with Crippen molar-refractivity contribution in [3.63, 3.8) is 0 Å². The highest BCUT2D eigenvalue weighted by Gasteiger charge is 2.01. The number of anilines is 1. The predicted octanol–water partition coefficient (Wildman–Crippen LogP) is 4.12. The maximum absolute atomic E-state index is 5.60. The lowest BCUT2D eigenvalue weighted by Crippen LogP contribution is -2.18. The normalized spacial score (nSPS) is 10.4. The van der Waals surface area contributed by atoms with Gasteiger partial charge in [0.05, 0.1) is 0 Å². The molecule has 0 aliphatic rings. The summed E-state index contributed by atoms with van der Waals surface area (Å²) in [7, 11) is 2.14. The minimum atomic E-state index is 0.463. The summed E-state index contributed by atoms with van der Waals surface area (Å²) < 4.78 is 0. The van der Waals surface area contributed by atoms with Crippen LogP contribution in [0.3, 0.4) is 0 Å². The van der Waals surface area contributed by atoms with Gasteiger partial charge in [-0.3, -0.25) is 0 Å². The van der Waals surface area contributed by atoms with Gasteiger partial charge in [-0.25, -0.2) is 0 Å². The molecule has 0 spiro atoms. The van der Waals surface area contributed by atoms with Gasteiger partial charge in [0, 0.05) is 24.8 Å². The topological polar surface area (TPSA) is 29.3 Å². The average Bonchev–Trinajstić information content (AvgIpc) is 2.42. The van der Waals surface area contributed by atoms with Crippen molar-refractivity contribution >= 4 is 22.9 Å². The molecule has 0 heterocycles. The molecule has 1 rings (SSSR count). The van der Waals surface area contributed by atoms with Crippen LogP contribution in [0, 0.1) is 0 Å². The first-order valence-corrected chi connectivity index (χ1v) is 7.67. The monoisotopic (exact) mass is 278 g/mol. The van der Waals surface area contributed by atoms with E-state index in [1.165, 1.54) is 44.2 Å². The number of rotatable bonds is 9. The number of benzene rings is 1. The quantitative estimate of drug-likeness (QED) is 0.544. The highest BCUT2D eigenvalue weighted by molar-refractivity contribution is 7.80. The summed E-state index contributed by atoms with van der Waals surface area (Å²) in [4.78, 5) is 2.76. The third-order valence-corrected chi connectivity index (χ3v) is 3.68. The van der Waals surface area contributed by atoms with Gasteiger partial charge in [0.15, 0.2) is 0 Å². The van der Waals surface area contributed by atoms with Crippen molar-refractivity contribution in [2.24, 2.45) is 5.73 Å². The highest BCUT2D eigenvalue weighted by atomic mass is 32.1. The molecule has 0 bridgehead atoms. The minimum Gasteiger partial charge on any atom is -0.389 e. The van der Waals surface area contributed by atoms with E-state index in [2.05, 4.69) is 31.0 Å². The Morgan fingerprint density at radius 3 is 2.21 bits per heavy atom. The third-order valence-electron chi connectivity index (χ3n) is 3.44. The van der Waals surface area contributed by atoms with Gasteiger partial charge in [0.2, 0.25) is 0 Å². The fraction of sp³-hybridized carbons (Fsp3) is 0.562. The Morgan fingerprint density at radius 2 is 1.63 bits per heavy atom. The van der Waals surface area contributed by atoms with Crippen molar-refractivity contribution in [1.29, 1.82) is 0 Å². The molecule has 0 unspecified atom stereocenters. The van der Waals surface area contributed by atoms with E-state index in [4.69, 9.17) is 18.0 Å². The Bertz CT molecular complexity index is 373. The highest BCUT2D eigenvalue weighted by Crippen LogP contribution is 2.15. The van der Waals surface area contributed by atoms with Crippen LogP contribution >= 0.6 is 12.2 Å². The summed E-state index contributed by atoms with van der Waals surface area (Å²) in [6, 6.07) is 8.17. The van der Waals surface area contributed by atoms with E-state index in [9.17, 15) is 0 Å². The van der Waals surface area contributed by atoms with Crippen LogP contribution in [0.4, 0.5) is 5.69 Å². The second-order valence-corrected chi connectivity index (χ2v) is 5.54. The molecular formula is C16H26N2S. The maximum atomic E-state index is 5.60. The first-order chi connectivity index (χ1) is 9.15.